The normalized spacial score (nSPS) is 18.1. The Balaban J connectivity index is 1.55. The zero-order chi connectivity index (χ0) is 28.4. The molecule has 0 atom stereocenters. The molecule has 1 saturated carbocycles. The van der Waals surface area contributed by atoms with Crippen LogP contribution in [0, 0.1) is 12.8 Å². The van der Waals surface area contributed by atoms with Crippen molar-refractivity contribution in [2.24, 2.45) is 13.0 Å². The third-order valence-corrected chi connectivity index (χ3v) is 8.94. The number of anilines is 1. The van der Waals surface area contributed by atoms with E-state index in [4.69, 9.17) is 16.6 Å². The molecule has 5 rings (SSSR count). The molecule has 7 nitrogen and oxygen atoms in total. The number of halogens is 1. The second-order valence-electron chi connectivity index (χ2n) is 11.7. The van der Waals surface area contributed by atoms with Gasteiger partial charge in [-0.15, -0.1) is 0 Å². The topological polar surface area (TPSA) is 61.7 Å². The van der Waals surface area contributed by atoms with Crippen LogP contribution in [0.1, 0.15) is 74.1 Å². The van der Waals surface area contributed by atoms with Gasteiger partial charge in [0.15, 0.2) is 5.82 Å². The number of hydrogen-bond donors (Lipinski definition) is 0. The maximum absolute atomic E-state index is 14.2. The van der Waals surface area contributed by atoms with Gasteiger partial charge < -0.3 is 14.4 Å². The number of imidazole rings is 1. The van der Waals surface area contributed by atoms with Crippen LogP contribution in [-0.2, 0) is 18.4 Å². The van der Waals surface area contributed by atoms with Crippen LogP contribution >= 0.6 is 11.6 Å². The number of rotatable bonds is 3. The second kappa shape index (κ2) is 12.3. The third kappa shape index (κ3) is 5.91. The van der Waals surface area contributed by atoms with Crippen LogP contribution in [0.5, 0.6) is 0 Å². The zero-order valence-electron chi connectivity index (χ0n) is 24.3. The first kappa shape index (κ1) is 28.6. The molecule has 2 aliphatic rings. The summed E-state index contributed by atoms with van der Waals surface area (Å²) in [6.07, 6.45) is 6.29. The molecule has 1 aliphatic heterocycles. The molecular weight excluding hydrogens is 522 g/mol. The van der Waals surface area contributed by atoms with Crippen molar-refractivity contribution in [3.05, 3.63) is 58.4 Å². The number of nitrogens with zero attached hydrogens (tertiary/aromatic N) is 5. The molecule has 8 heteroatoms. The number of fused-ring (bicyclic) bond motifs is 2. The quantitative estimate of drug-likeness (QED) is 0.380. The molecule has 1 aromatic heterocycles. The molecule has 1 fully saturated rings. The van der Waals surface area contributed by atoms with E-state index < -0.39 is 0 Å². The van der Waals surface area contributed by atoms with Gasteiger partial charge in [-0.3, -0.25) is 14.5 Å². The molecule has 2 amide bonds. The van der Waals surface area contributed by atoms with Crippen molar-refractivity contribution >= 4 is 40.1 Å². The summed E-state index contributed by atoms with van der Waals surface area (Å²) in [5.41, 5.74) is 4.64. The fourth-order valence-electron chi connectivity index (χ4n) is 6.41. The summed E-state index contributed by atoms with van der Waals surface area (Å²) in [7, 11) is 1.88. The number of aromatic nitrogens is 2. The van der Waals surface area contributed by atoms with Crippen LogP contribution in [-0.4, -0.2) is 63.4 Å². The Kier molecular flexibility index (Phi) is 8.81. The molecule has 0 N–H and O–H groups in total. The summed E-state index contributed by atoms with van der Waals surface area (Å²) in [6, 6.07) is 12.1. The first-order valence-electron chi connectivity index (χ1n) is 14.8. The number of hydrogen-bond acceptors (Lipinski definition) is 4. The number of aryl methyl sites for hydroxylation is 2. The van der Waals surface area contributed by atoms with Crippen molar-refractivity contribution in [2.75, 3.05) is 31.1 Å². The van der Waals surface area contributed by atoms with Gasteiger partial charge in [-0.1, -0.05) is 49.1 Å². The van der Waals surface area contributed by atoms with Crippen LogP contribution in [0.15, 0.2) is 36.4 Å². The first-order valence-corrected chi connectivity index (χ1v) is 15.2. The Morgan fingerprint density at radius 2 is 1.75 bits per heavy atom. The van der Waals surface area contributed by atoms with Gasteiger partial charge in [0.1, 0.15) is 0 Å². The Bertz CT molecular complexity index is 1380. The SMILES string of the molecule is Cc1cccc2c1N(C(=O)C1CCCCC1)CCCN(C(C)C)CCN(C(=O)c1nc3cc(Cl)ccc3n1C)C2. The van der Waals surface area contributed by atoms with Gasteiger partial charge in [0.2, 0.25) is 5.91 Å². The highest BCUT2D eigenvalue weighted by Crippen LogP contribution is 2.33. The van der Waals surface area contributed by atoms with Crippen molar-refractivity contribution in [2.45, 2.75) is 71.9 Å². The van der Waals surface area contributed by atoms with E-state index in [0.29, 0.717) is 42.0 Å². The highest BCUT2D eigenvalue weighted by Gasteiger charge is 2.31. The average molecular weight is 564 g/mol. The lowest BCUT2D eigenvalue weighted by atomic mass is 9.87. The van der Waals surface area contributed by atoms with Crippen molar-refractivity contribution in [1.82, 2.24) is 19.4 Å². The largest absolute Gasteiger partial charge is 0.330 e. The van der Waals surface area contributed by atoms with Crippen molar-refractivity contribution in [1.29, 1.82) is 0 Å². The predicted molar refractivity (Wildman–Crippen MR) is 162 cm³/mol. The maximum atomic E-state index is 14.2. The second-order valence-corrected chi connectivity index (χ2v) is 12.2. The van der Waals surface area contributed by atoms with Gasteiger partial charge in [0.25, 0.3) is 5.91 Å². The van der Waals surface area contributed by atoms with E-state index in [1.807, 2.05) is 34.7 Å². The molecule has 2 aromatic carbocycles. The zero-order valence-corrected chi connectivity index (χ0v) is 25.1. The van der Waals surface area contributed by atoms with E-state index in [1.165, 1.54) is 6.42 Å². The molecule has 1 aliphatic carbocycles. The highest BCUT2D eigenvalue weighted by molar-refractivity contribution is 6.31. The predicted octanol–water partition coefficient (Wildman–Crippen LogP) is 6.20. The molecule has 40 heavy (non-hydrogen) atoms. The molecule has 2 heterocycles. The van der Waals surface area contributed by atoms with Crippen LogP contribution < -0.4 is 4.90 Å². The van der Waals surface area contributed by atoms with Crippen LogP contribution in [0.3, 0.4) is 0 Å². The molecule has 3 aromatic rings. The maximum Gasteiger partial charge on any atom is 0.290 e. The molecule has 214 valence electrons. The minimum absolute atomic E-state index is 0.0806. The van der Waals surface area contributed by atoms with Gasteiger partial charge in [0, 0.05) is 56.8 Å². The first-order chi connectivity index (χ1) is 19.2. The van der Waals surface area contributed by atoms with Gasteiger partial charge in [-0.25, -0.2) is 4.98 Å². The summed E-state index contributed by atoms with van der Waals surface area (Å²) in [5, 5.41) is 0.597. The number of amides is 2. The van der Waals surface area contributed by atoms with E-state index in [-0.39, 0.29) is 17.7 Å². The molecule has 0 bridgehead atoms. The molecule has 0 spiro atoms. The lowest BCUT2D eigenvalue weighted by Gasteiger charge is -2.33. The van der Waals surface area contributed by atoms with E-state index in [2.05, 4.69) is 42.7 Å². The van der Waals surface area contributed by atoms with E-state index in [9.17, 15) is 9.59 Å². The number of benzene rings is 2. The van der Waals surface area contributed by atoms with E-state index >= 15 is 0 Å². The van der Waals surface area contributed by atoms with Gasteiger partial charge in [0.05, 0.1) is 16.7 Å². The monoisotopic (exact) mass is 563 g/mol. The fourth-order valence-corrected chi connectivity index (χ4v) is 6.57. The Morgan fingerprint density at radius 1 is 0.975 bits per heavy atom. The Labute approximate surface area is 243 Å². The van der Waals surface area contributed by atoms with Crippen molar-refractivity contribution in [3.63, 3.8) is 0 Å². The summed E-state index contributed by atoms with van der Waals surface area (Å²) in [4.78, 5) is 39.3. The lowest BCUT2D eigenvalue weighted by molar-refractivity contribution is -0.123. The number of para-hydroxylation sites is 1. The summed E-state index contributed by atoms with van der Waals surface area (Å²) < 4.78 is 1.86. The van der Waals surface area contributed by atoms with Crippen LogP contribution in [0.25, 0.3) is 11.0 Å². The van der Waals surface area contributed by atoms with Crippen LogP contribution in [0.2, 0.25) is 5.02 Å². The van der Waals surface area contributed by atoms with Gasteiger partial charge >= 0.3 is 0 Å². The fraction of sp³-hybridized carbons (Fsp3) is 0.531. The van der Waals surface area contributed by atoms with E-state index in [0.717, 1.165) is 67.5 Å². The average Bonchev–Trinajstić information content (AvgIpc) is 3.25. The smallest absolute Gasteiger partial charge is 0.290 e. The minimum Gasteiger partial charge on any atom is -0.330 e. The lowest BCUT2D eigenvalue weighted by Crippen LogP contribution is -2.42. The van der Waals surface area contributed by atoms with Gasteiger partial charge in [-0.05, 0) is 69.4 Å². The summed E-state index contributed by atoms with van der Waals surface area (Å²) >= 11 is 6.23. The summed E-state index contributed by atoms with van der Waals surface area (Å²) in [5.74, 6) is 0.607. The number of carbonyl (C=O) groups is 2. The number of carbonyl (C=O) groups excluding carboxylic acids is 2. The van der Waals surface area contributed by atoms with Gasteiger partial charge in [-0.2, -0.15) is 0 Å². The highest BCUT2D eigenvalue weighted by atomic mass is 35.5. The van der Waals surface area contributed by atoms with Crippen molar-refractivity contribution < 1.29 is 9.59 Å². The molecule has 0 unspecified atom stereocenters. The van der Waals surface area contributed by atoms with Crippen molar-refractivity contribution in [3.8, 4) is 0 Å². The molecule has 0 saturated heterocycles. The summed E-state index contributed by atoms with van der Waals surface area (Å²) in [6.45, 7) is 9.80. The third-order valence-electron chi connectivity index (χ3n) is 8.71. The molecular formula is C32H42ClN5O2. The Hall–Kier alpha value is -2.90. The standard InChI is InChI=1S/C32H42ClN5O2/c1-22(2)36-16-9-17-38(31(39)24-11-6-5-7-12-24)29-23(3)10-8-13-25(29)21-37(19-18-36)32(40)30-34-27-20-26(33)14-15-28(27)35(30)4/h8,10,13-15,20,22,24H,5-7,9,11-12,16-19,21H2,1-4H3. The Morgan fingerprint density at radius 3 is 2.50 bits per heavy atom. The minimum atomic E-state index is -0.115. The van der Waals surface area contributed by atoms with Crippen LogP contribution in [0.4, 0.5) is 5.69 Å². The van der Waals surface area contributed by atoms with E-state index in [1.54, 1.807) is 6.07 Å². The molecule has 0 radical (unpaired) electrons.